The number of hydrogen-bond acceptors (Lipinski definition) is 5. The molecule has 0 fully saturated rings. The molecule has 1 rings (SSSR count). The van der Waals surface area contributed by atoms with E-state index < -0.39 is 11.9 Å². The minimum absolute atomic E-state index is 0.0790. The van der Waals surface area contributed by atoms with Crippen molar-refractivity contribution in [2.24, 2.45) is 5.73 Å². The highest BCUT2D eigenvalue weighted by atomic mass is 16.5. The fourth-order valence-electron chi connectivity index (χ4n) is 1.78. The smallest absolute Gasteiger partial charge is 0.303 e. The molecule has 0 bridgehead atoms. The van der Waals surface area contributed by atoms with Gasteiger partial charge in [0.05, 0.1) is 7.11 Å². The number of nitrogens with two attached hydrogens (primary N) is 1. The maximum atomic E-state index is 12.0. The molecule has 126 valence electrons. The second kappa shape index (κ2) is 9.29. The van der Waals surface area contributed by atoms with Crippen molar-refractivity contribution >= 4 is 17.8 Å². The summed E-state index contributed by atoms with van der Waals surface area (Å²) in [5, 5.41) is 11.2. The molecule has 0 spiro atoms. The maximum Gasteiger partial charge on any atom is 0.303 e. The zero-order valence-corrected chi connectivity index (χ0v) is 12.8. The van der Waals surface area contributed by atoms with Crippen LogP contribution < -0.4 is 20.5 Å². The molecule has 8 nitrogen and oxygen atoms in total. The van der Waals surface area contributed by atoms with Gasteiger partial charge in [0.25, 0.3) is 11.8 Å². The van der Waals surface area contributed by atoms with Gasteiger partial charge in [-0.25, -0.2) is 0 Å². The molecule has 0 aliphatic heterocycles. The highest BCUT2D eigenvalue weighted by molar-refractivity contribution is 5.94. The van der Waals surface area contributed by atoms with Crippen molar-refractivity contribution in [3.8, 4) is 11.5 Å². The van der Waals surface area contributed by atoms with E-state index in [0.717, 1.165) is 0 Å². The maximum absolute atomic E-state index is 12.0. The predicted octanol–water partition coefficient (Wildman–Crippen LogP) is 0.544. The van der Waals surface area contributed by atoms with Gasteiger partial charge in [-0.05, 0) is 31.0 Å². The number of carboxylic acids is 1. The quantitative estimate of drug-likeness (QED) is 0.539. The SMILES string of the molecule is COc1cc(C(=O)NCCCCC(=O)O)ccc1OCC(N)=O. The number of carbonyl (C=O) groups excluding carboxylic acids is 2. The molecule has 2 amide bonds. The summed E-state index contributed by atoms with van der Waals surface area (Å²) in [5.41, 5.74) is 5.37. The molecule has 0 heterocycles. The van der Waals surface area contributed by atoms with E-state index in [4.69, 9.17) is 20.3 Å². The number of methoxy groups -OCH3 is 1. The molecular weight excluding hydrogens is 304 g/mol. The molecule has 1 aromatic carbocycles. The van der Waals surface area contributed by atoms with E-state index in [1.54, 1.807) is 0 Å². The number of rotatable bonds is 10. The van der Waals surface area contributed by atoms with Crippen molar-refractivity contribution in [2.45, 2.75) is 19.3 Å². The van der Waals surface area contributed by atoms with E-state index in [-0.39, 0.29) is 18.9 Å². The van der Waals surface area contributed by atoms with Crippen LogP contribution in [0.2, 0.25) is 0 Å². The molecule has 0 aliphatic carbocycles. The van der Waals surface area contributed by atoms with Crippen LogP contribution in [-0.2, 0) is 9.59 Å². The van der Waals surface area contributed by atoms with E-state index in [0.29, 0.717) is 36.4 Å². The third-order valence-corrected chi connectivity index (χ3v) is 2.90. The molecule has 0 aliphatic rings. The molecule has 23 heavy (non-hydrogen) atoms. The Bertz CT molecular complexity index is 573. The number of benzene rings is 1. The lowest BCUT2D eigenvalue weighted by molar-refractivity contribution is -0.137. The number of primary amides is 1. The first-order chi connectivity index (χ1) is 10.9. The van der Waals surface area contributed by atoms with Crippen molar-refractivity contribution in [3.05, 3.63) is 23.8 Å². The Morgan fingerprint density at radius 1 is 1.22 bits per heavy atom. The molecule has 1 aromatic rings. The first-order valence-corrected chi connectivity index (χ1v) is 7.03. The van der Waals surface area contributed by atoms with Crippen LogP contribution in [0.25, 0.3) is 0 Å². The molecule has 0 saturated heterocycles. The second-order valence-corrected chi connectivity index (χ2v) is 4.73. The van der Waals surface area contributed by atoms with Gasteiger partial charge in [0, 0.05) is 18.5 Å². The van der Waals surface area contributed by atoms with E-state index in [1.165, 1.54) is 25.3 Å². The van der Waals surface area contributed by atoms with Crippen LogP contribution >= 0.6 is 0 Å². The first-order valence-electron chi connectivity index (χ1n) is 7.03. The van der Waals surface area contributed by atoms with E-state index in [2.05, 4.69) is 5.32 Å². The Labute approximate surface area is 133 Å². The molecule has 0 unspecified atom stereocenters. The molecule has 0 saturated carbocycles. The van der Waals surface area contributed by atoms with Gasteiger partial charge < -0.3 is 25.6 Å². The Morgan fingerprint density at radius 3 is 2.57 bits per heavy atom. The van der Waals surface area contributed by atoms with Crippen LogP contribution in [0.1, 0.15) is 29.6 Å². The average molecular weight is 324 g/mol. The van der Waals surface area contributed by atoms with Crippen LogP contribution in [0.15, 0.2) is 18.2 Å². The van der Waals surface area contributed by atoms with Crippen molar-refractivity contribution in [3.63, 3.8) is 0 Å². The standard InChI is InChI=1S/C15H20N2O6/c1-22-12-8-10(5-6-11(12)23-9-13(16)18)15(21)17-7-3-2-4-14(19)20/h5-6,8H,2-4,7,9H2,1H3,(H2,16,18)(H,17,21)(H,19,20). The van der Waals surface area contributed by atoms with Crippen molar-refractivity contribution < 1.29 is 29.0 Å². The molecular formula is C15H20N2O6. The van der Waals surface area contributed by atoms with Crippen molar-refractivity contribution in [2.75, 3.05) is 20.3 Å². The third kappa shape index (κ3) is 6.68. The Hall–Kier alpha value is -2.77. The van der Waals surface area contributed by atoms with E-state index >= 15 is 0 Å². The van der Waals surface area contributed by atoms with Gasteiger partial charge >= 0.3 is 5.97 Å². The summed E-state index contributed by atoms with van der Waals surface area (Å²) >= 11 is 0. The summed E-state index contributed by atoms with van der Waals surface area (Å²) in [7, 11) is 1.42. The van der Waals surface area contributed by atoms with Crippen LogP contribution in [0, 0.1) is 0 Å². The summed E-state index contributed by atoms with van der Waals surface area (Å²) in [6.07, 6.45) is 1.16. The van der Waals surface area contributed by atoms with Crippen LogP contribution in [0.3, 0.4) is 0 Å². The highest BCUT2D eigenvalue weighted by Gasteiger charge is 2.11. The number of nitrogens with one attached hydrogen (secondary N) is 1. The zero-order valence-electron chi connectivity index (χ0n) is 12.8. The number of unbranched alkanes of at least 4 members (excludes halogenated alkanes) is 1. The third-order valence-electron chi connectivity index (χ3n) is 2.90. The second-order valence-electron chi connectivity index (χ2n) is 4.73. The fourth-order valence-corrected chi connectivity index (χ4v) is 1.78. The number of aliphatic carboxylic acids is 1. The number of carboxylic acid groups (broad SMARTS) is 1. The van der Waals surface area contributed by atoms with Gasteiger partial charge in [-0.2, -0.15) is 0 Å². The number of ether oxygens (including phenoxy) is 2. The van der Waals surface area contributed by atoms with Crippen molar-refractivity contribution in [1.82, 2.24) is 5.32 Å². The molecule has 8 heteroatoms. The topological polar surface area (TPSA) is 128 Å². The minimum atomic E-state index is -0.854. The Morgan fingerprint density at radius 2 is 1.96 bits per heavy atom. The average Bonchev–Trinajstić information content (AvgIpc) is 2.51. The first kappa shape index (κ1) is 18.3. The molecule has 0 atom stereocenters. The Balaban J connectivity index is 2.57. The van der Waals surface area contributed by atoms with Gasteiger partial charge in [-0.1, -0.05) is 0 Å². The molecule has 0 radical (unpaired) electrons. The monoisotopic (exact) mass is 324 g/mol. The van der Waals surface area contributed by atoms with Gasteiger partial charge in [0.2, 0.25) is 0 Å². The summed E-state index contributed by atoms with van der Waals surface area (Å²) in [6.45, 7) is 0.0971. The normalized spacial score (nSPS) is 9.96. The van der Waals surface area contributed by atoms with Gasteiger partial charge in [0.15, 0.2) is 18.1 Å². The summed E-state index contributed by atoms with van der Waals surface area (Å²) in [6, 6.07) is 4.54. The van der Waals surface area contributed by atoms with Gasteiger partial charge in [-0.3, -0.25) is 14.4 Å². The number of carbonyl (C=O) groups is 3. The van der Waals surface area contributed by atoms with Crippen LogP contribution in [0.5, 0.6) is 11.5 Å². The zero-order chi connectivity index (χ0) is 17.2. The lowest BCUT2D eigenvalue weighted by atomic mass is 10.1. The molecule has 4 N–H and O–H groups in total. The number of amides is 2. The highest BCUT2D eigenvalue weighted by Crippen LogP contribution is 2.27. The van der Waals surface area contributed by atoms with Gasteiger partial charge in [0.1, 0.15) is 0 Å². The minimum Gasteiger partial charge on any atom is -0.493 e. The fraction of sp³-hybridized carbons (Fsp3) is 0.400. The summed E-state index contributed by atoms with van der Waals surface area (Å²) in [4.78, 5) is 33.1. The lowest BCUT2D eigenvalue weighted by Crippen LogP contribution is -2.24. The Kier molecular flexibility index (Phi) is 7.38. The molecule has 0 aromatic heterocycles. The van der Waals surface area contributed by atoms with E-state index in [9.17, 15) is 14.4 Å². The largest absolute Gasteiger partial charge is 0.493 e. The van der Waals surface area contributed by atoms with Gasteiger partial charge in [-0.15, -0.1) is 0 Å². The van der Waals surface area contributed by atoms with E-state index in [1.807, 2.05) is 0 Å². The van der Waals surface area contributed by atoms with Crippen LogP contribution in [0.4, 0.5) is 0 Å². The number of hydrogen-bond donors (Lipinski definition) is 3. The summed E-state index contributed by atoms with van der Waals surface area (Å²) < 4.78 is 10.3. The van der Waals surface area contributed by atoms with Crippen LogP contribution in [-0.4, -0.2) is 43.2 Å². The van der Waals surface area contributed by atoms with Crippen molar-refractivity contribution in [1.29, 1.82) is 0 Å². The lowest BCUT2D eigenvalue weighted by Gasteiger charge is -2.11. The predicted molar refractivity (Wildman–Crippen MR) is 81.5 cm³/mol. The summed E-state index contributed by atoms with van der Waals surface area (Å²) in [5.74, 6) is -1.16.